The molecule has 0 saturated heterocycles. The maximum atomic E-state index is 6.48. The molecule has 0 radical (unpaired) electrons. The van der Waals surface area contributed by atoms with E-state index in [0.717, 1.165) is 78.2 Å². The minimum Gasteiger partial charge on any atom is -0.355 e. The second kappa shape index (κ2) is 9.12. The predicted molar refractivity (Wildman–Crippen MR) is 169 cm³/mol. The molecule has 0 unspecified atom stereocenters. The minimum absolute atomic E-state index is 0.467. The molecule has 0 spiro atoms. The zero-order chi connectivity index (χ0) is 28.0. The Morgan fingerprint density at radius 1 is 0.400 bits per heavy atom. The Labute approximate surface area is 251 Å². The summed E-state index contributed by atoms with van der Waals surface area (Å²) in [5, 5.41) is 1.89. The van der Waals surface area contributed by atoms with Gasteiger partial charge in [0.2, 0.25) is 0 Å². The van der Waals surface area contributed by atoms with Crippen molar-refractivity contribution in [2.24, 2.45) is 0 Å². The topological polar surface area (TPSA) is 57.4 Å². The van der Waals surface area contributed by atoms with E-state index in [-0.39, 0.29) is 0 Å². The number of hydrogen-bond acceptors (Lipinski definition) is 2. The Morgan fingerprint density at radius 3 is 1.00 bits per heavy atom. The van der Waals surface area contributed by atoms with Gasteiger partial charge < -0.3 is 9.97 Å². The molecular formula is C32H22Cl4N4. The molecular weight excluding hydrogens is 582 g/mol. The first kappa shape index (κ1) is 25.7. The molecule has 0 saturated carbocycles. The number of aryl methyl sites for hydroxylation is 4. The van der Waals surface area contributed by atoms with E-state index >= 15 is 0 Å². The van der Waals surface area contributed by atoms with Gasteiger partial charge in [0, 0.05) is 44.3 Å². The molecule has 2 aromatic carbocycles. The Balaban J connectivity index is 1.68. The largest absolute Gasteiger partial charge is 0.355 e. The highest BCUT2D eigenvalue weighted by Gasteiger charge is 2.23. The summed E-state index contributed by atoms with van der Waals surface area (Å²) >= 11 is 25.9. The van der Waals surface area contributed by atoms with E-state index in [2.05, 4.69) is 55.9 Å². The van der Waals surface area contributed by atoms with Crippen molar-refractivity contribution in [3.05, 3.63) is 90.9 Å². The number of hydrogen-bond donors (Lipinski definition) is 2. The second-order valence-electron chi connectivity index (χ2n) is 10.4. The minimum atomic E-state index is 0.467. The van der Waals surface area contributed by atoms with Crippen molar-refractivity contribution in [2.75, 3.05) is 0 Å². The average molecular weight is 604 g/mol. The third-order valence-corrected chi connectivity index (χ3v) is 9.55. The van der Waals surface area contributed by atoms with E-state index in [1.807, 2.05) is 30.3 Å². The fourth-order valence-electron chi connectivity index (χ4n) is 5.48. The monoisotopic (exact) mass is 602 g/mol. The van der Waals surface area contributed by atoms with Crippen LogP contribution in [0.3, 0.4) is 0 Å². The number of rotatable bonds is 0. The van der Waals surface area contributed by atoms with Gasteiger partial charge in [0.25, 0.3) is 0 Å². The fraction of sp³-hybridized carbons (Fsp3) is 0.125. The van der Waals surface area contributed by atoms with E-state index in [4.69, 9.17) is 56.4 Å². The normalized spacial score (nSPS) is 12.0. The summed E-state index contributed by atoms with van der Waals surface area (Å²) in [7, 11) is 0. The molecule has 40 heavy (non-hydrogen) atoms. The highest BCUT2D eigenvalue weighted by molar-refractivity contribution is 6.43. The van der Waals surface area contributed by atoms with Crippen LogP contribution in [0.4, 0.5) is 0 Å². The summed E-state index contributed by atoms with van der Waals surface area (Å²) in [5.41, 5.74) is 15.4. The Hall–Kier alpha value is -3.28. The fourth-order valence-corrected chi connectivity index (χ4v) is 6.13. The molecule has 2 aliphatic heterocycles. The predicted octanol–water partition coefficient (Wildman–Crippen LogP) is 10.8. The van der Waals surface area contributed by atoms with Crippen LogP contribution in [0.25, 0.3) is 67.1 Å². The summed E-state index contributed by atoms with van der Waals surface area (Å²) in [4.78, 5) is 17.3. The van der Waals surface area contributed by atoms with Crippen LogP contribution in [-0.4, -0.2) is 19.9 Å². The first-order valence-corrected chi connectivity index (χ1v) is 14.3. The molecule has 2 N–H and O–H groups in total. The van der Waals surface area contributed by atoms with Crippen molar-refractivity contribution in [1.29, 1.82) is 0 Å². The number of halogens is 4. The van der Waals surface area contributed by atoms with Crippen LogP contribution in [0.2, 0.25) is 20.1 Å². The van der Waals surface area contributed by atoms with Gasteiger partial charge in [0.05, 0.1) is 42.9 Å². The number of aromatic nitrogens is 4. The van der Waals surface area contributed by atoms with Crippen molar-refractivity contribution in [2.45, 2.75) is 27.7 Å². The first-order chi connectivity index (χ1) is 19.1. The SMILES string of the molecule is Cc1c(C)c2cc3[nH]c(cc4nc(cc5nc(cc1[nH]2)-c1cc(Cl)c(Cl)cc1-5)-c1cc(Cl)c(Cl)cc1-4)c(C)c3C. The van der Waals surface area contributed by atoms with E-state index in [1.54, 1.807) is 0 Å². The van der Waals surface area contributed by atoms with Gasteiger partial charge in [-0.2, -0.15) is 0 Å². The number of fused-ring (bicyclic) bond motifs is 14. The number of H-pyrrole nitrogens is 2. The van der Waals surface area contributed by atoms with Gasteiger partial charge >= 0.3 is 0 Å². The summed E-state index contributed by atoms with van der Waals surface area (Å²) in [6.07, 6.45) is 0. The van der Waals surface area contributed by atoms with Gasteiger partial charge in [-0.1, -0.05) is 46.4 Å². The van der Waals surface area contributed by atoms with Crippen LogP contribution in [0.1, 0.15) is 22.3 Å². The molecule has 0 amide bonds. The molecule has 4 nitrogen and oxygen atoms in total. The average Bonchev–Trinajstić information content (AvgIpc) is 3.57. The van der Waals surface area contributed by atoms with Crippen LogP contribution in [0.15, 0.2) is 48.5 Å². The lowest BCUT2D eigenvalue weighted by atomic mass is 10.0. The standard InChI is InChI=1S/C32H22Cl4N4/c1-13-15(3)27-10-29-17-5-21(33)23(35)7-19(17)31(39-29)12-32-20-8-24(36)22(34)6-18(20)30(40-32)11-28-16(4)14(2)26(38-28)9-25(13)37-27/h5-12,37-38H,1-4H3. The number of nitrogens with one attached hydrogen (secondary N) is 2. The molecule has 0 atom stereocenters. The van der Waals surface area contributed by atoms with Crippen molar-refractivity contribution in [3.63, 3.8) is 0 Å². The van der Waals surface area contributed by atoms with Crippen LogP contribution in [0.5, 0.6) is 0 Å². The lowest BCUT2D eigenvalue weighted by Gasteiger charge is -2.04. The van der Waals surface area contributed by atoms with Crippen molar-refractivity contribution in [1.82, 2.24) is 19.9 Å². The smallest absolute Gasteiger partial charge is 0.0738 e. The van der Waals surface area contributed by atoms with Crippen molar-refractivity contribution >= 4 is 68.5 Å². The summed E-state index contributed by atoms with van der Waals surface area (Å²) in [5.74, 6) is 0. The zero-order valence-corrected chi connectivity index (χ0v) is 25.0. The van der Waals surface area contributed by atoms with Crippen LogP contribution < -0.4 is 0 Å². The third-order valence-electron chi connectivity index (χ3n) is 8.11. The van der Waals surface area contributed by atoms with Crippen molar-refractivity contribution < 1.29 is 0 Å². The molecule has 8 bridgehead atoms. The highest BCUT2D eigenvalue weighted by atomic mass is 35.5. The Kier molecular flexibility index (Phi) is 5.85. The molecule has 5 aromatic rings. The second-order valence-corrected chi connectivity index (χ2v) is 12.0. The van der Waals surface area contributed by atoms with Gasteiger partial charge in [0.15, 0.2) is 0 Å². The number of nitrogens with zero attached hydrogens (tertiary/aromatic N) is 2. The maximum absolute atomic E-state index is 6.48. The van der Waals surface area contributed by atoms with E-state index < -0.39 is 0 Å². The highest BCUT2D eigenvalue weighted by Crippen LogP contribution is 2.44. The lowest BCUT2D eigenvalue weighted by molar-refractivity contribution is 1.37. The van der Waals surface area contributed by atoms with Crippen LogP contribution in [0, 0.1) is 27.7 Å². The summed E-state index contributed by atoms with van der Waals surface area (Å²) in [6, 6.07) is 15.8. The third kappa shape index (κ3) is 3.89. The Morgan fingerprint density at radius 2 is 0.675 bits per heavy atom. The molecule has 198 valence electrons. The molecule has 0 fully saturated rings. The molecule has 0 aliphatic carbocycles. The Bertz CT molecular complexity index is 1960. The zero-order valence-electron chi connectivity index (χ0n) is 22.0. The first-order valence-electron chi connectivity index (χ1n) is 12.8. The van der Waals surface area contributed by atoms with Crippen molar-refractivity contribution in [3.8, 4) is 45.0 Å². The van der Waals surface area contributed by atoms with Gasteiger partial charge in [0.1, 0.15) is 0 Å². The summed E-state index contributed by atoms with van der Waals surface area (Å²) < 4.78 is 0. The van der Waals surface area contributed by atoms with Gasteiger partial charge in [-0.3, -0.25) is 0 Å². The van der Waals surface area contributed by atoms with Gasteiger partial charge in [-0.15, -0.1) is 0 Å². The molecule has 3 aromatic heterocycles. The lowest BCUT2D eigenvalue weighted by Crippen LogP contribution is -1.81. The van der Waals surface area contributed by atoms with Gasteiger partial charge in [-0.05, 0) is 98.5 Å². The quantitative estimate of drug-likeness (QED) is 0.181. The van der Waals surface area contributed by atoms with E-state index in [1.165, 1.54) is 11.1 Å². The van der Waals surface area contributed by atoms with E-state index in [0.29, 0.717) is 20.1 Å². The van der Waals surface area contributed by atoms with Gasteiger partial charge in [-0.25, -0.2) is 9.97 Å². The van der Waals surface area contributed by atoms with Crippen LogP contribution >= 0.6 is 46.4 Å². The van der Waals surface area contributed by atoms with Crippen LogP contribution in [-0.2, 0) is 0 Å². The summed E-state index contributed by atoms with van der Waals surface area (Å²) in [6.45, 7) is 8.49. The van der Waals surface area contributed by atoms with E-state index in [9.17, 15) is 0 Å². The number of benzene rings is 2. The maximum Gasteiger partial charge on any atom is 0.0738 e. The molecule has 5 heterocycles. The molecule has 2 aliphatic rings. The molecule has 7 rings (SSSR count). The number of aromatic amines is 2. The molecule has 8 heteroatoms.